The fourth-order valence-electron chi connectivity index (χ4n) is 1.71. The van der Waals surface area contributed by atoms with E-state index in [4.69, 9.17) is 22.1 Å². The smallest absolute Gasteiger partial charge is 0.262 e. The average Bonchev–Trinajstić information content (AvgIpc) is 2.42. The summed E-state index contributed by atoms with van der Waals surface area (Å²) < 4.78 is 18.7. The lowest BCUT2D eigenvalue weighted by Gasteiger charge is -2.10. The Morgan fingerprint density at radius 2 is 2.10 bits per heavy atom. The molecule has 0 aliphatic heterocycles. The van der Waals surface area contributed by atoms with Gasteiger partial charge >= 0.3 is 0 Å². The Hall–Kier alpha value is -2.27. The van der Waals surface area contributed by atoms with Crippen molar-refractivity contribution in [3.05, 3.63) is 52.8 Å². The molecule has 0 saturated heterocycles. The van der Waals surface area contributed by atoms with Gasteiger partial charge in [-0.1, -0.05) is 17.7 Å². The van der Waals surface area contributed by atoms with Gasteiger partial charge in [-0.3, -0.25) is 4.79 Å². The van der Waals surface area contributed by atoms with Gasteiger partial charge in [-0.05, 0) is 30.3 Å². The Kier molecular flexibility index (Phi) is 4.10. The summed E-state index contributed by atoms with van der Waals surface area (Å²) in [4.78, 5) is 12.1. The second-order valence-electron chi connectivity index (χ2n) is 4.01. The molecule has 0 spiro atoms. The van der Waals surface area contributed by atoms with Crippen molar-refractivity contribution in [3.8, 4) is 5.75 Å². The van der Waals surface area contributed by atoms with Crippen LogP contribution in [0.25, 0.3) is 0 Å². The van der Waals surface area contributed by atoms with Crippen LogP contribution in [0.2, 0.25) is 5.02 Å². The maximum Gasteiger partial charge on any atom is 0.262 e. The molecule has 20 heavy (non-hydrogen) atoms. The normalized spacial score (nSPS) is 10.2. The average molecular weight is 295 g/mol. The Balaban J connectivity index is 2.30. The van der Waals surface area contributed by atoms with Gasteiger partial charge in [0, 0.05) is 5.69 Å². The number of rotatable bonds is 3. The van der Waals surface area contributed by atoms with Gasteiger partial charge in [0.15, 0.2) is 0 Å². The number of amides is 1. The minimum Gasteiger partial charge on any atom is -0.496 e. The van der Waals surface area contributed by atoms with E-state index in [0.717, 1.165) is 0 Å². The molecule has 0 atom stereocenters. The first-order chi connectivity index (χ1) is 9.52. The second-order valence-corrected chi connectivity index (χ2v) is 4.41. The summed E-state index contributed by atoms with van der Waals surface area (Å²) in [5, 5.41) is 2.93. The highest BCUT2D eigenvalue weighted by atomic mass is 35.5. The Bertz CT molecular complexity index is 662. The highest BCUT2D eigenvalue weighted by Crippen LogP contribution is 2.25. The highest BCUT2D eigenvalue weighted by Gasteiger charge is 2.17. The summed E-state index contributed by atoms with van der Waals surface area (Å²) >= 11 is 5.79. The standard InChI is InChI=1S/C14H12ClFN2O2/c1-20-12-4-2-3-10(16)13(12)14(19)18-8-5-6-9(15)11(17)7-8/h2-7H,17H2,1H3,(H,18,19). The van der Waals surface area contributed by atoms with Crippen molar-refractivity contribution in [1.82, 2.24) is 0 Å². The van der Waals surface area contributed by atoms with Crippen molar-refractivity contribution in [3.63, 3.8) is 0 Å². The van der Waals surface area contributed by atoms with Crippen molar-refractivity contribution >= 4 is 28.9 Å². The Morgan fingerprint density at radius 1 is 1.35 bits per heavy atom. The molecule has 0 aliphatic carbocycles. The van der Waals surface area contributed by atoms with Crippen LogP contribution < -0.4 is 15.8 Å². The number of carbonyl (C=O) groups is 1. The molecule has 2 aromatic carbocycles. The van der Waals surface area contributed by atoms with Crippen molar-refractivity contribution in [2.45, 2.75) is 0 Å². The van der Waals surface area contributed by atoms with Gasteiger partial charge < -0.3 is 15.8 Å². The maximum atomic E-state index is 13.7. The molecule has 4 nitrogen and oxygen atoms in total. The molecule has 2 rings (SSSR count). The lowest BCUT2D eigenvalue weighted by molar-refractivity contribution is 0.102. The van der Waals surface area contributed by atoms with E-state index in [-0.39, 0.29) is 11.3 Å². The van der Waals surface area contributed by atoms with E-state index in [0.29, 0.717) is 16.4 Å². The van der Waals surface area contributed by atoms with E-state index < -0.39 is 11.7 Å². The van der Waals surface area contributed by atoms with E-state index in [1.165, 1.54) is 31.4 Å². The minimum atomic E-state index is -0.663. The van der Waals surface area contributed by atoms with Gasteiger partial charge in [0.25, 0.3) is 5.91 Å². The molecule has 1 amide bonds. The summed E-state index contributed by atoms with van der Waals surface area (Å²) in [6.07, 6.45) is 0. The number of halogens is 2. The maximum absolute atomic E-state index is 13.7. The van der Waals surface area contributed by atoms with Gasteiger partial charge in [-0.2, -0.15) is 0 Å². The molecule has 6 heteroatoms. The van der Waals surface area contributed by atoms with Gasteiger partial charge in [-0.15, -0.1) is 0 Å². The number of hydrogen-bond donors (Lipinski definition) is 2. The fourth-order valence-corrected chi connectivity index (χ4v) is 1.83. The molecular formula is C14H12ClFN2O2. The van der Waals surface area contributed by atoms with Gasteiger partial charge in [0.1, 0.15) is 17.1 Å². The summed E-state index contributed by atoms with van der Waals surface area (Å²) in [5.74, 6) is -1.13. The SMILES string of the molecule is COc1cccc(F)c1C(=O)Nc1ccc(Cl)c(N)c1. The first kappa shape index (κ1) is 14.1. The Labute approximate surface area is 120 Å². The van der Waals surface area contributed by atoms with Crippen molar-refractivity contribution in [2.24, 2.45) is 0 Å². The molecule has 0 fully saturated rings. The van der Waals surface area contributed by atoms with Crippen molar-refractivity contribution < 1.29 is 13.9 Å². The highest BCUT2D eigenvalue weighted by molar-refractivity contribution is 6.33. The predicted octanol–water partition coefficient (Wildman–Crippen LogP) is 3.32. The minimum absolute atomic E-state index is 0.157. The van der Waals surface area contributed by atoms with Crippen LogP contribution in [0.1, 0.15) is 10.4 Å². The molecule has 0 radical (unpaired) electrons. The summed E-state index contributed by atoms with van der Waals surface area (Å²) in [7, 11) is 1.37. The zero-order valence-electron chi connectivity index (χ0n) is 10.6. The van der Waals surface area contributed by atoms with Crippen LogP contribution in [-0.4, -0.2) is 13.0 Å². The van der Waals surface area contributed by atoms with Crippen LogP contribution in [-0.2, 0) is 0 Å². The van der Waals surface area contributed by atoms with Gasteiger partial charge in [-0.25, -0.2) is 4.39 Å². The molecule has 3 N–H and O–H groups in total. The van der Waals surface area contributed by atoms with Crippen molar-refractivity contribution in [2.75, 3.05) is 18.2 Å². The number of methoxy groups -OCH3 is 1. The molecule has 0 aliphatic rings. The number of carbonyl (C=O) groups excluding carboxylic acids is 1. The number of ether oxygens (including phenoxy) is 1. The zero-order chi connectivity index (χ0) is 14.7. The fraction of sp³-hybridized carbons (Fsp3) is 0.0714. The monoisotopic (exact) mass is 294 g/mol. The first-order valence-electron chi connectivity index (χ1n) is 5.72. The summed E-state index contributed by atoms with van der Waals surface area (Å²) in [6, 6.07) is 8.77. The zero-order valence-corrected chi connectivity index (χ0v) is 11.4. The topological polar surface area (TPSA) is 64.3 Å². The molecule has 0 saturated carbocycles. The van der Waals surface area contributed by atoms with Crippen LogP contribution >= 0.6 is 11.6 Å². The lowest BCUT2D eigenvalue weighted by atomic mass is 10.1. The third kappa shape index (κ3) is 2.83. The van der Waals surface area contributed by atoms with Crippen LogP contribution in [0, 0.1) is 5.82 Å². The van der Waals surface area contributed by atoms with E-state index in [1.54, 1.807) is 12.1 Å². The first-order valence-corrected chi connectivity index (χ1v) is 6.09. The van der Waals surface area contributed by atoms with Gasteiger partial charge in [0.2, 0.25) is 0 Å². The molecule has 2 aromatic rings. The van der Waals surface area contributed by atoms with E-state index in [9.17, 15) is 9.18 Å². The number of nitrogens with two attached hydrogens (primary N) is 1. The second kappa shape index (κ2) is 5.79. The van der Waals surface area contributed by atoms with E-state index >= 15 is 0 Å². The lowest BCUT2D eigenvalue weighted by Crippen LogP contribution is -2.15. The quantitative estimate of drug-likeness (QED) is 0.854. The number of nitrogen functional groups attached to an aromatic ring is 1. The van der Waals surface area contributed by atoms with Gasteiger partial charge in [0.05, 0.1) is 17.8 Å². The molecule has 0 heterocycles. The van der Waals surface area contributed by atoms with E-state index in [1.807, 2.05) is 0 Å². The number of nitrogens with one attached hydrogen (secondary N) is 1. The number of benzene rings is 2. The Morgan fingerprint density at radius 3 is 2.75 bits per heavy atom. The molecular weight excluding hydrogens is 283 g/mol. The molecule has 0 aromatic heterocycles. The summed E-state index contributed by atoms with van der Waals surface area (Å²) in [6.45, 7) is 0. The van der Waals surface area contributed by atoms with Crippen LogP contribution in [0.5, 0.6) is 5.75 Å². The molecule has 0 unspecified atom stereocenters. The van der Waals surface area contributed by atoms with E-state index in [2.05, 4.69) is 5.32 Å². The van der Waals surface area contributed by atoms with Crippen LogP contribution in [0.15, 0.2) is 36.4 Å². The predicted molar refractivity (Wildman–Crippen MR) is 76.8 cm³/mol. The third-order valence-electron chi connectivity index (χ3n) is 2.68. The molecule has 104 valence electrons. The summed E-state index contributed by atoms with van der Waals surface area (Å²) in [5.41, 5.74) is 6.22. The third-order valence-corrected chi connectivity index (χ3v) is 3.02. The van der Waals surface area contributed by atoms with Crippen LogP contribution in [0.4, 0.5) is 15.8 Å². The number of anilines is 2. The number of hydrogen-bond acceptors (Lipinski definition) is 3. The largest absolute Gasteiger partial charge is 0.496 e. The van der Waals surface area contributed by atoms with Crippen LogP contribution in [0.3, 0.4) is 0 Å². The molecule has 0 bridgehead atoms. The van der Waals surface area contributed by atoms with Crippen molar-refractivity contribution in [1.29, 1.82) is 0 Å².